The number of β-amino-alcohol motifs (C(OH)–C–C–N with tert-alkyl or cyclic N) is 1. The number of nitrogens with zero attached hydrogens (tertiary/aromatic N) is 2. The van der Waals surface area contributed by atoms with Crippen molar-refractivity contribution in [3.05, 3.63) is 23.2 Å². The third kappa shape index (κ3) is 3.07. The van der Waals surface area contributed by atoms with Crippen LogP contribution < -0.4 is 10.6 Å². The molecule has 5 heteroatoms. The third-order valence-corrected chi connectivity index (χ3v) is 3.64. The average Bonchev–Trinajstić information content (AvgIpc) is 2.56. The third-order valence-electron chi connectivity index (χ3n) is 3.34. The van der Waals surface area contributed by atoms with Gasteiger partial charge in [-0.05, 0) is 25.1 Å². The van der Waals surface area contributed by atoms with Crippen LogP contribution in [0.4, 0.5) is 11.4 Å². The van der Waals surface area contributed by atoms with Crippen LogP contribution in [0.15, 0.2) is 18.2 Å². The SMILES string of the molecule is Nc1cccc(Cl)c1N1CCCN(CCO)CC1. The molecule has 18 heavy (non-hydrogen) atoms. The fourth-order valence-corrected chi connectivity index (χ4v) is 2.73. The van der Waals surface area contributed by atoms with Gasteiger partial charge in [0.05, 0.1) is 23.0 Å². The van der Waals surface area contributed by atoms with Crippen molar-refractivity contribution in [2.24, 2.45) is 0 Å². The molecule has 0 aliphatic carbocycles. The number of aliphatic hydroxyl groups is 1. The van der Waals surface area contributed by atoms with E-state index in [4.69, 9.17) is 22.4 Å². The van der Waals surface area contributed by atoms with Gasteiger partial charge in [0, 0.05) is 26.2 Å². The van der Waals surface area contributed by atoms with Gasteiger partial charge in [-0.2, -0.15) is 0 Å². The van der Waals surface area contributed by atoms with Gasteiger partial charge in [0.1, 0.15) is 0 Å². The van der Waals surface area contributed by atoms with E-state index >= 15 is 0 Å². The number of aliphatic hydroxyl groups excluding tert-OH is 1. The van der Waals surface area contributed by atoms with Crippen LogP contribution in [0.25, 0.3) is 0 Å². The second-order valence-corrected chi connectivity index (χ2v) is 4.99. The number of rotatable bonds is 3. The average molecular weight is 270 g/mol. The van der Waals surface area contributed by atoms with E-state index in [0.29, 0.717) is 5.02 Å². The Morgan fingerprint density at radius 3 is 2.78 bits per heavy atom. The van der Waals surface area contributed by atoms with Crippen molar-refractivity contribution in [3.63, 3.8) is 0 Å². The first-order valence-corrected chi connectivity index (χ1v) is 6.72. The Morgan fingerprint density at radius 2 is 2.06 bits per heavy atom. The van der Waals surface area contributed by atoms with Crippen molar-refractivity contribution in [1.29, 1.82) is 0 Å². The van der Waals surface area contributed by atoms with E-state index in [-0.39, 0.29) is 6.61 Å². The molecule has 0 bridgehead atoms. The van der Waals surface area contributed by atoms with E-state index in [2.05, 4.69) is 9.80 Å². The molecule has 0 spiro atoms. The molecule has 1 aromatic carbocycles. The Morgan fingerprint density at radius 1 is 1.22 bits per heavy atom. The zero-order valence-corrected chi connectivity index (χ0v) is 11.2. The molecule has 4 nitrogen and oxygen atoms in total. The summed E-state index contributed by atoms with van der Waals surface area (Å²) in [6.45, 7) is 4.76. The zero-order valence-electron chi connectivity index (χ0n) is 10.5. The fraction of sp³-hybridized carbons (Fsp3) is 0.538. The maximum Gasteiger partial charge on any atom is 0.0789 e. The highest BCUT2D eigenvalue weighted by atomic mass is 35.5. The van der Waals surface area contributed by atoms with Crippen LogP contribution in [0.2, 0.25) is 5.02 Å². The van der Waals surface area contributed by atoms with E-state index in [1.807, 2.05) is 18.2 Å². The molecule has 1 fully saturated rings. The minimum absolute atomic E-state index is 0.217. The smallest absolute Gasteiger partial charge is 0.0789 e. The first-order valence-electron chi connectivity index (χ1n) is 6.34. The summed E-state index contributed by atoms with van der Waals surface area (Å²) in [6, 6.07) is 5.64. The van der Waals surface area contributed by atoms with Crippen LogP contribution in [0.3, 0.4) is 0 Å². The van der Waals surface area contributed by atoms with Crippen molar-refractivity contribution >= 4 is 23.0 Å². The molecule has 0 amide bonds. The minimum Gasteiger partial charge on any atom is -0.397 e. The number of hydrogen-bond acceptors (Lipinski definition) is 4. The lowest BCUT2D eigenvalue weighted by Gasteiger charge is -2.25. The quantitative estimate of drug-likeness (QED) is 0.815. The monoisotopic (exact) mass is 269 g/mol. The van der Waals surface area contributed by atoms with E-state index in [9.17, 15) is 0 Å². The highest BCUT2D eigenvalue weighted by Crippen LogP contribution is 2.32. The summed E-state index contributed by atoms with van der Waals surface area (Å²) in [5.41, 5.74) is 7.70. The zero-order chi connectivity index (χ0) is 13.0. The Hall–Kier alpha value is -0.970. The molecule has 2 rings (SSSR count). The molecule has 0 unspecified atom stereocenters. The normalized spacial score (nSPS) is 17.8. The first kappa shape index (κ1) is 13.5. The van der Waals surface area contributed by atoms with E-state index in [0.717, 1.165) is 50.5 Å². The predicted molar refractivity (Wildman–Crippen MR) is 76.2 cm³/mol. The van der Waals surface area contributed by atoms with Crippen molar-refractivity contribution in [2.75, 3.05) is 50.0 Å². The number of anilines is 2. The summed E-state index contributed by atoms with van der Waals surface area (Å²) < 4.78 is 0. The van der Waals surface area contributed by atoms with Gasteiger partial charge in [-0.3, -0.25) is 4.90 Å². The van der Waals surface area contributed by atoms with Gasteiger partial charge < -0.3 is 15.7 Å². The van der Waals surface area contributed by atoms with Gasteiger partial charge in [0.2, 0.25) is 0 Å². The molecule has 0 aromatic heterocycles. The second-order valence-electron chi connectivity index (χ2n) is 4.58. The van der Waals surface area contributed by atoms with Crippen molar-refractivity contribution < 1.29 is 5.11 Å². The molecule has 100 valence electrons. The summed E-state index contributed by atoms with van der Waals surface area (Å²) in [6.07, 6.45) is 1.06. The first-order chi connectivity index (χ1) is 8.72. The number of halogens is 1. The summed E-state index contributed by atoms with van der Waals surface area (Å²) in [7, 11) is 0. The summed E-state index contributed by atoms with van der Waals surface area (Å²) in [5, 5.41) is 9.70. The van der Waals surface area contributed by atoms with Gasteiger partial charge in [-0.25, -0.2) is 0 Å². The minimum atomic E-state index is 0.217. The van der Waals surface area contributed by atoms with Crippen molar-refractivity contribution in [3.8, 4) is 0 Å². The van der Waals surface area contributed by atoms with E-state index in [1.165, 1.54) is 0 Å². The molecule has 1 heterocycles. The molecular weight excluding hydrogens is 250 g/mol. The molecular formula is C13H20ClN3O. The molecule has 1 aromatic rings. The van der Waals surface area contributed by atoms with Gasteiger partial charge in [0.15, 0.2) is 0 Å². The topological polar surface area (TPSA) is 52.7 Å². The molecule has 1 saturated heterocycles. The lowest BCUT2D eigenvalue weighted by Crippen LogP contribution is -2.32. The predicted octanol–water partition coefficient (Wildman–Crippen LogP) is 1.43. The van der Waals surface area contributed by atoms with Crippen molar-refractivity contribution in [2.45, 2.75) is 6.42 Å². The van der Waals surface area contributed by atoms with Gasteiger partial charge >= 0.3 is 0 Å². The summed E-state index contributed by atoms with van der Waals surface area (Å²) >= 11 is 6.24. The maximum atomic E-state index is 8.99. The molecule has 0 atom stereocenters. The van der Waals surface area contributed by atoms with Crippen LogP contribution >= 0.6 is 11.6 Å². The van der Waals surface area contributed by atoms with Crippen LogP contribution in [0, 0.1) is 0 Å². The Labute approximate surface area is 113 Å². The van der Waals surface area contributed by atoms with Crippen LogP contribution in [-0.4, -0.2) is 49.3 Å². The van der Waals surface area contributed by atoms with Gasteiger partial charge in [-0.15, -0.1) is 0 Å². The summed E-state index contributed by atoms with van der Waals surface area (Å²) in [4.78, 5) is 4.52. The van der Waals surface area contributed by atoms with Crippen LogP contribution in [-0.2, 0) is 0 Å². The summed E-state index contributed by atoms with van der Waals surface area (Å²) in [5.74, 6) is 0. The van der Waals surface area contributed by atoms with Gasteiger partial charge in [0.25, 0.3) is 0 Å². The molecule has 3 N–H and O–H groups in total. The lowest BCUT2D eigenvalue weighted by molar-refractivity contribution is 0.204. The largest absolute Gasteiger partial charge is 0.397 e. The highest BCUT2D eigenvalue weighted by Gasteiger charge is 2.18. The standard InChI is InChI=1S/C13H20ClN3O/c14-11-3-1-4-12(15)13(11)17-6-2-5-16(7-8-17)9-10-18/h1,3-4,18H,2,5-10,15H2. The van der Waals surface area contributed by atoms with Gasteiger partial charge in [-0.1, -0.05) is 17.7 Å². The Balaban J connectivity index is 2.10. The Kier molecular flexibility index (Phi) is 4.69. The number of para-hydroxylation sites is 1. The van der Waals surface area contributed by atoms with Crippen molar-refractivity contribution in [1.82, 2.24) is 4.90 Å². The second kappa shape index (κ2) is 6.27. The molecule has 0 radical (unpaired) electrons. The maximum absolute atomic E-state index is 8.99. The Bertz CT molecular complexity index is 380. The molecule has 1 aliphatic heterocycles. The lowest BCUT2D eigenvalue weighted by atomic mass is 10.2. The number of nitrogens with two attached hydrogens (primary N) is 1. The van der Waals surface area contributed by atoms with Crippen LogP contribution in [0.1, 0.15) is 6.42 Å². The fourth-order valence-electron chi connectivity index (χ4n) is 2.43. The van der Waals surface area contributed by atoms with Crippen LogP contribution in [0.5, 0.6) is 0 Å². The van der Waals surface area contributed by atoms with E-state index in [1.54, 1.807) is 0 Å². The number of benzene rings is 1. The highest BCUT2D eigenvalue weighted by molar-refractivity contribution is 6.34. The molecule has 0 saturated carbocycles. The number of nitrogen functional groups attached to an aromatic ring is 1. The molecule has 1 aliphatic rings. The van der Waals surface area contributed by atoms with E-state index < -0.39 is 0 Å². The number of hydrogen-bond donors (Lipinski definition) is 2.